The normalized spacial score (nSPS) is 11.9. The van der Waals surface area contributed by atoms with Crippen molar-refractivity contribution in [3.63, 3.8) is 0 Å². The zero-order chi connectivity index (χ0) is 12.3. The first-order valence-electron chi connectivity index (χ1n) is 4.36. The van der Waals surface area contributed by atoms with Gasteiger partial charge >= 0.3 is 5.97 Å². The number of halogens is 2. The summed E-state index contributed by atoms with van der Waals surface area (Å²) in [5, 5.41) is 11.9. The maximum Gasteiger partial charge on any atom is 0.330 e. The minimum atomic E-state index is -1.20. The van der Waals surface area contributed by atoms with E-state index in [-0.39, 0.29) is 10.6 Å². The summed E-state index contributed by atoms with van der Waals surface area (Å²) in [6, 6.07) is 3.25. The Hall–Kier alpha value is -1.26. The molecule has 1 unspecified atom stereocenters. The van der Waals surface area contributed by atoms with E-state index in [1.54, 1.807) is 6.07 Å². The van der Waals surface area contributed by atoms with Crippen LogP contribution in [0.1, 0.15) is 18.5 Å². The summed E-state index contributed by atoms with van der Waals surface area (Å²) in [6.07, 6.45) is 0. The highest BCUT2D eigenvalue weighted by Gasteiger charge is 2.23. The third-order valence-corrected chi connectivity index (χ3v) is 2.44. The molecule has 0 heterocycles. The lowest BCUT2D eigenvalue weighted by molar-refractivity contribution is -0.141. The number of rotatable bonds is 3. The monoisotopic (exact) mass is 261 g/mol. The van der Waals surface area contributed by atoms with Gasteiger partial charge in [-0.05, 0) is 18.2 Å². The number of aliphatic carboxylic acids is 1. The minimum absolute atomic E-state index is 0.241. The largest absolute Gasteiger partial charge is 0.479 e. The topological polar surface area (TPSA) is 66.4 Å². The van der Waals surface area contributed by atoms with Crippen molar-refractivity contribution in [2.75, 3.05) is 0 Å². The molecule has 1 aromatic carbocycles. The second-order valence-electron chi connectivity index (χ2n) is 3.14. The highest BCUT2D eigenvalue weighted by Crippen LogP contribution is 2.26. The zero-order valence-corrected chi connectivity index (χ0v) is 9.84. The molecule has 2 N–H and O–H groups in total. The Kier molecular flexibility index (Phi) is 4.15. The maximum absolute atomic E-state index is 11.0. The molecule has 0 aliphatic rings. The number of nitrogens with one attached hydrogen (secondary N) is 1. The van der Waals surface area contributed by atoms with Crippen LogP contribution in [-0.2, 0) is 9.59 Å². The molecule has 16 heavy (non-hydrogen) atoms. The van der Waals surface area contributed by atoms with Crippen molar-refractivity contribution in [3.05, 3.63) is 33.8 Å². The van der Waals surface area contributed by atoms with Crippen LogP contribution in [0, 0.1) is 0 Å². The number of carboxylic acids is 1. The highest BCUT2D eigenvalue weighted by molar-refractivity contribution is 6.33. The van der Waals surface area contributed by atoms with E-state index in [2.05, 4.69) is 5.32 Å². The van der Waals surface area contributed by atoms with E-state index in [9.17, 15) is 9.59 Å². The summed E-state index contributed by atoms with van der Waals surface area (Å²) in [4.78, 5) is 21.9. The number of carboxylic acid groups (broad SMARTS) is 1. The Morgan fingerprint density at radius 2 is 2.00 bits per heavy atom. The summed E-state index contributed by atoms with van der Waals surface area (Å²) >= 11 is 11.6. The molecule has 0 radical (unpaired) electrons. The van der Waals surface area contributed by atoms with Gasteiger partial charge in [0.25, 0.3) is 0 Å². The molecule has 0 fully saturated rings. The lowest BCUT2D eigenvalue weighted by Crippen LogP contribution is -2.32. The van der Waals surface area contributed by atoms with Gasteiger partial charge in [0.1, 0.15) is 0 Å². The summed E-state index contributed by atoms with van der Waals surface area (Å²) < 4.78 is 0. The van der Waals surface area contributed by atoms with Crippen molar-refractivity contribution < 1.29 is 14.7 Å². The second-order valence-corrected chi connectivity index (χ2v) is 3.98. The van der Waals surface area contributed by atoms with Gasteiger partial charge in [-0.15, -0.1) is 0 Å². The molecule has 4 nitrogen and oxygen atoms in total. The summed E-state index contributed by atoms with van der Waals surface area (Å²) in [5.41, 5.74) is 0.261. The van der Waals surface area contributed by atoms with Gasteiger partial charge in [-0.25, -0.2) is 4.79 Å². The van der Waals surface area contributed by atoms with Crippen molar-refractivity contribution in [2.24, 2.45) is 0 Å². The smallest absolute Gasteiger partial charge is 0.330 e. The molecule has 1 aromatic rings. The Morgan fingerprint density at radius 1 is 1.38 bits per heavy atom. The Morgan fingerprint density at radius 3 is 2.50 bits per heavy atom. The van der Waals surface area contributed by atoms with Crippen molar-refractivity contribution in [1.82, 2.24) is 5.32 Å². The SMILES string of the molecule is CC(=O)NC(C(=O)O)c1cc(Cl)ccc1Cl. The van der Waals surface area contributed by atoms with Gasteiger partial charge in [-0.3, -0.25) is 4.79 Å². The molecule has 0 aromatic heterocycles. The number of carbonyl (C=O) groups excluding carboxylic acids is 1. The summed E-state index contributed by atoms with van der Waals surface area (Å²) in [5.74, 6) is -1.65. The van der Waals surface area contributed by atoms with Crippen LogP contribution < -0.4 is 5.32 Å². The average Bonchev–Trinajstić information content (AvgIpc) is 2.18. The van der Waals surface area contributed by atoms with Gasteiger partial charge in [0.2, 0.25) is 5.91 Å². The molecule has 0 bridgehead atoms. The van der Waals surface area contributed by atoms with E-state index < -0.39 is 17.9 Å². The van der Waals surface area contributed by atoms with Crippen LogP contribution in [0.5, 0.6) is 0 Å². The molecule has 0 saturated heterocycles. The molecule has 6 heteroatoms. The molecule has 1 amide bonds. The second kappa shape index (κ2) is 5.18. The molecule has 1 rings (SSSR count). The van der Waals surface area contributed by atoms with Crippen molar-refractivity contribution in [3.8, 4) is 0 Å². The lowest BCUT2D eigenvalue weighted by atomic mass is 10.1. The van der Waals surface area contributed by atoms with Gasteiger partial charge in [0.05, 0.1) is 0 Å². The van der Waals surface area contributed by atoms with E-state index in [0.29, 0.717) is 5.02 Å². The average molecular weight is 262 g/mol. The summed E-state index contributed by atoms with van der Waals surface area (Å²) in [6.45, 7) is 1.23. The molecule has 86 valence electrons. The van der Waals surface area contributed by atoms with Gasteiger partial charge in [-0.1, -0.05) is 23.2 Å². The number of carbonyl (C=O) groups is 2. The van der Waals surface area contributed by atoms with Crippen molar-refractivity contribution >= 4 is 35.1 Å². The fourth-order valence-electron chi connectivity index (χ4n) is 1.21. The molecular weight excluding hydrogens is 253 g/mol. The first-order chi connectivity index (χ1) is 7.41. The summed E-state index contributed by atoms with van der Waals surface area (Å²) in [7, 11) is 0. The van der Waals surface area contributed by atoms with Crippen molar-refractivity contribution in [1.29, 1.82) is 0 Å². The number of hydrogen-bond donors (Lipinski definition) is 2. The molecule has 0 aliphatic heterocycles. The fraction of sp³-hybridized carbons (Fsp3) is 0.200. The molecule has 0 spiro atoms. The molecule has 1 atom stereocenters. The molecular formula is C10H9Cl2NO3. The van der Waals surface area contributed by atoms with Gasteiger partial charge < -0.3 is 10.4 Å². The first kappa shape index (κ1) is 12.8. The predicted molar refractivity (Wildman–Crippen MR) is 60.7 cm³/mol. The predicted octanol–water partition coefficient (Wildman–Crippen LogP) is 2.26. The third-order valence-electron chi connectivity index (χ3n) is 1.86. The first-order valence-corrected chi connectivity index (χ1v) is 5.12. The number of benzene rings is 1. The van der Waals surface area contributed by atoms with Crippen LogP contribution in [-0.4, -0.2) is 17.0 Å². The lowest BCUT2D eigenvalue weighted by Gasteiger charge is -2.15. The Bertz CT molecular complexity index is 434. The fourth-order valence-corrected chi connectivity index (χ4v) is 1.62. The van der Waals surface area contributed by atoms with E-state index in [4.69, 9.17) is 28.3 Å². The Labute approximate surface area is 102 Å². The van der Waals surface area contributed by atoms with Gasteiger partial charge in [0.15, 0.2) is 6.04 Å². The highest BCUT2D eigenvalue weighted by atomic mass is 35.5. The van der Waals surface area contributed by atoms with Gasteiger partial charge in [0, 0.05) is 22.5 Å². The van der Waals surface area contributed by atoms with E-state index >= 15 is 0 Å². The van der Waals surface area contributed by atoms with Crippen LogP contribution in [0.2, 0.25) is 10.0 Å². The number of hydrogen-bond acceptors (Lipinski definition) is 2. The van der Waals surface area contributed by atoms with E-state index in [1.165, 1.54) is 19.1 Å². The maximum atomic E-state index is 11.0. The zero-order valence-electron chi connectivity index (χ0n) is 8.33. The number of amides is 1. The van der Waals surface area contributed by atoms with Crippen LogP contribution in [0.25, 0.3) is 0 Å². The van der Waals surface area contributed by atoms with Crippen molar-refractivity contribution in [2.45, 2.75) is 13.0 Å². The standard InChI is InChI=1S/C10H9Cl2NO3/c1-5(14)13-9(10(15)16)7-4-6(11)2-3-8(7)12/h2-4,9H,1H3,(H,13,14)(H,15,16). The van der Waals surface area contributed by atoms with Gasteiger partial charge in [-0.2, -0.15) is 0 Å². The van der Waals surface area contributed by atoms with Crippen LogP contribution in [0.15, 0.2) is 18.2 Å². The van der Waals surface area contributed by atoms with E-state index in [1.807, 2.05) is 0 Å². The molecule has 0 aliphatic carbocycles. The minimum Gasteiger partial charge on any atom is -0.479 e. The van der Waals surface area contributed by atoms with Crippen LogP contribution in [0.3, 0.4) is 0 Å². The third kappa shape index (κ3) is 3.12. The van der Waals surface area contributed by atoms with Crippen LogP contribution in [0.4, 0.5) is 0 Å². The Balaban J connectivity index is 3.14. The van der Waals surface area contributed by atoms with Crippen LogP contribution >= 0.6 is 23.2 Å². The van der Waals surface area contributed by atoms with E-state index in [0.717, 1.165) is 0 Å². The quantitative estimate of drug-likeness (QED) is 0.877. The molecule has 0 saturated carbocycles.